The van der Waals surface area contributed by atoms with Crippen LogP contribution in [0.5, 0.6) is 5.75 Å². The number of rotatable bonds is 2. The number of amides is 1. The van der Waals surface area contributed by atoms with Crippen LogP contribution in [-0.2, 0) is 0 Å². The van der Waals surface area contributed by atoms with Gasteiger partial charge in [-0.25, -0.2) is 4.98 Å². The molecule has 0 aliphatic heterocycles. The molecule has 0 atom stereocenters. The number of aromatic nitrogens is 1. The van der Waals surface area contributed by atoms with Crippen LogP contribution < -0.4 is 11.1 Å². The topological polar surface area (TPSA) is 88.2 Å². The number of halogens is 1. The molecular formula is C12H10FN3O2. The van der Waals surface area contributed by atoms with Crippen molar-refractivity contribution in [1.82, 2.24) is 4.98 Å². The lowest BCUT2D eigenvalue weighted by atomic mass is 10.1. The van der Waals surface area contributed by atoms with Gasteiger partial charge in [0.1, 0.15) is 0 Å². The van der Waals surface area contributed by atoms with Crippen molar-refractivity contribution in [2.24, 2.45) is 0 Å². The molecule has 0 unspecified atom stereocenters. The number of hydrogen-bond acceptors (Lipinski definition) is 4. The van der Waals surface area contributed by atoms with E-state index in [1.807, 2.05) is 0 Å². The number of carbonyl (C=O) groups excluding carboxylic acids is 1. The maximum Gasteiger partial charge on any atom is 0.259 e. The summed E-state index contributed by atoms with van der Waals surface area (Å²) in [6, 6.07) is 6.94. The fourth-order valence-electron chi connectivity index (χ4n) is 1.39. The first-order valence-electron chi connectivity index (χ1n) is 5.08. The van der Waals surface area contributed by atoms with Crippen LogP contribution in [0.15, 0.2) is 36.5 Å². The molecule has 1 aromatic carbocycles. The van der Waals surface area contributed by atoms with E-state index in [2.05, 4.69) is 10.3 Å². The van der Waals surface area contributed by atoms with Gasteiger partial charge in [-0.2, -0.15) is 4.39 Å². The molecule has 0 bridgehead atoms. The van der Waals surface area contributed by atoms with Crippen LogP contribution in [0, 0.1) is 5.95 Å². The van der Waals surface area contributed by atoms with Gasteiger partial charge < -0.3 is 16.2 Å². The van der Waals surface area contributed by atoms with Gasteiger partial charge in [-0.05, 0) is 24.3 Å². The first kappa shape index (κ1) is 11.8. The van der Waals surface area contributed by atoms with Gasteiger partial charge in [-0.15, -0.1) is 0 Å². The van der Waals surface area contributed by atoms with Crippen molar-refractivity contribution in [3.05, 3.63) is 48.0 Å². The van der Waals surface area contributed by atoms with Crippen LogP contribution in [0.25, 0.3) is 0 Å². The Morgan fingerprint density at radius 2 is 2.11 bits per heavy atom. The van der Waals surface area contributed by atoms with E-state index in [9.17, 15) is 14.3 Å². The first-order valence-corrected chi connectivity index (χ1v) is 5.08. The smallest absolute Gasteiger partial charge is 0.259 e. The van der Waals surface area contributed by atoms with Gasteiger partial charge in [0.25, 0.3) is 5.91 Å². The number of phenolic OH excluding ortho intramolecular Hbond substituents is 1. The summed E-state index contributed by atoms with van der Waals surface area (Å²) in [7, 11) is 0. The number of pyridine rings is 1. The minimum atomic E-state index is -0.639. The van der Waals surface area contributed by atoms with Gasteiger partial charge in [0.05, 0.1) is 23.1 Å². The molecule has 0 spiro atoms. The molecule has 2 rings (SSSR count). The second kappa shape index (κ2) is 4.70. The van der Waals surface area contributed by atoms with Crippen LogP contribution in [0.2, 0.25) is 0 Å². The van der Waals surface area contributed by atoms with Crippen molar-refractivity contribution in [1.29, 1.82) is 0 Å². The molecular weight excluding hydrogens is 237 g/mol. The number of aromatic hydroxyl groups is 1. The number of carbonyl (C=O) groups is 1. The molecule has 0 aliphatic carbocycles. The minimum Gasteiger partial charge on any atom is -0.505 e. The van der Waals surface area contributed by atoms with Crippen molar-refractivity contribution >= 4 is 17.3 Å². The summed E-state index contributed by atoms with van der Waals surface area (Å²) < 4.78 is 12.6. The minimum absolute atomic E-state index is 0.0410. The summed E-state index contributed by atoms with van der Waals surface area (Å²) in [5, 5.41) is 12.1. The summed E-state index contributed by atoms with van der Waals surface area (Å²) in [5.74, 6) is -1.47. The highest BCUT2D eigenvalue weighted by Crippen LogP contribution is 2.25. The zero-order chi connectivity index (χ0) is 13.1. The Balaban J connectivity index is 2.22. The van der Waals surface area contributed by atoms with Crippen LogP contribution in [0.4, 0.5) is 15.8 Å². The third kappa shape index (κ3) is 2.37. The Bertz CT molecular complexity index is 584. The van der Waals surface area contributed by atoms with Gasteiger partial charge in [0, 0.05) is 0 Å². The van der Waals surface area contributed by atoms with E-state index in [-0.39, 0.29) is 17.0 Å². The highest BCUT2D eigenvalue weighted by Gasteiger charge is 2.13. The summed E-state index contributed by atoms with van der Waals surface area (Å²) in [6.45, 7) is 0. The lowest BCUT2D eigenvalue weighted by Gasteiger charge is -2.07. The van der Waals surface area contributed by atoms with E-state index < -0.39 is 11.9 Å². The number of para-hydroxylation sites is 1. The Morgan fingerprint density at radius 1 is 1.33 bits per heavy atom. The SMILES string of the molecule is Nc1cccc(C(=O)Nc2ccc(F)nc2)c1O. The number of benzene rings is 1. The summed E-state index contributed by atoms with van der Waals surface area (Å²) in [6.07, 6.45) is 1.18. The maximum absolute atomic E-state index is 12.6. The van der Waals surface area contributed by atoms with Crippen LogP contribution >= 0.6 is 0 Å². The molecule has 1 heterocycles. The zero-order valence-corrected chi connectivity index (χ0v) is 9.22. The lowest BCUT2D eigenvalue weighted by Crippen LogP contribution is -2.12. The van der Waals surface area contributed by atoms with E-state index in [0.717, 1.165) is 6.07 Å². The molecule has 4 N–H and O–H groups in total. The fourth-order valence-corrected chi connectivity index (χ4v) is 1.39. The molecule has 0 saturated heterocycles. The number of phenols is 1. The predicted octanol–water partition coefficient (Wildman–Crippen LogP) is 1.76. The zero-order valence-electron chi connectivity index (χ0n) is 9.22. The second-order valence-electron chi connectivity index (χ2n) is 3.57. The summed E-state index contributed by atoms with van der Waals surface area (Å²) >= 11 is 0. The van der Waals surface area contributed by atoms with Gasteiger partial charge in [-0.1, -0.05) is 6.07 Å². The number of nitrogens with one attached hydrogen (secondary N) is 1. The first-order chi connectivity index (χ1) is 8.58. The molecule has 92 valence electrons. The van der Waals surface area contributed by atoms with Crippen molar-refractivity contribution in [2.45, 2.75) is 0 Å². The molecule has 0 aliphatic rings. The lowest BCUT2D eigenvalue weighted by molar-refractivity contribution is 0.102. The van der Waals surface area contributed by atoms with Crippen molar-refractivity contribution in [3.63, 3.8) is 0 Å². The highest BCUT2D eigenvalue weighted by atomic mass is 19.1. The molecule has 6 heteroatoms. The molecule has 18 heavy (non-hydrogen) atoms. The second-order valence-corrected chi connectivity index (χ2v) is 3.57. The van der Waals surface area contributed by atoms with Crippen LogP contribution in [0.1, 0.15) is 10.4 Å². The fraction of sp³-hybridized carbons (Fsp3) is 0. The van der Waals surface area contributed by atoms with E-state index in [0.29, 0.717) is 5.69 Å². The monoisotopic (exact) mass is 247 g/mol. The van der Waals surface area contributed by atoms with Crippen LogP contribution in [-0.4, -0.2) is 16.0 Å². The van der Waals surface area contributed by atoms with E-state index >= 15 is 0 Å². The largest absolute Gasteiger partial charge is 0.505 e. The highest BCUT2D eigenvalue weighted by molar-refractivity contribution is 6.07. The summed E-state index contributed by atoms with van der Waals surface area (Å²) in [4.78, 5) is 15.2. The Hall–Kier alpha value is -2.63. The number of nitrogen functional groups attached to an aromatic ring is 1. The molecule has 1 aromatic heterocycles. The van der Waals surface area contributed by atoms with Crippen molar-refractivity contribution < 1.29 is 14.3 Å². The Kier molecular flexibility index (Phi) is 3.09. The normalized spacial score (nSPS) is 10.1. The summed E-state index contributed by atoms with van der Waals surface area (Å²) in [5.41, 5.74) is 5.95. The molecule has 0 saturated carbocycles. The number of nitrogens with zero attached hydrogens (tertiary/aromatic N) is 1. The molecule has 2 aromatic rings. The maximum atomic E-state index is 12.6. The Labute approximate surface area is 102 Å². The standard InChI is InChI=1S/C12H10FN3O2/c13-10-5-4-7(6-15-10)16-12(18)8-2-1-3-9(14)11(8)17/h1-6,17H,14H2,(H,16,18). The number of hydrogen-bond donors (Lipinski definition) is 3. The molecule has 0 radical (unpaired) electrons. The average molecular weight is 247 g/mol. The average Bonchev–Trinajstić information content (AvgIpc) is 2.35. The van der Waals surface area contributed by atoms with Gasteiger partial charge in [-0.3, -0.25) is 4.79 Å². The van der Waals surface area contributed by atoms with Crippen LogP contribution in [0.3, 0.4) is 0 Å². The predicted molar refractivity (Wildman–Crippen MR) is 64.7 cm³/mol. The third-order valence-electron chi connectivity index (χ3n) is 2.30. The third-order valence-corrected chi connectivity index (χ3v) is 2.30. The van der Waals surface area contributed by atoms with Gasteiger partial charge >= 0.3 is 0 Å². The van der Waals surface area contributed by atoms with E-state index in [1.54, 1.807) is 6.07 Å². The number of anilines is 2. The molecule has 0 fully saturated rings. The quantitative estimate of drug-likeness (QED) is 0.428. The van der Waals surface area contributed by atoms with E-state index in [4.69, 9.17) is 5.73 Å². The van der Waals surface area contributed by atoms with E-state index in [1.165, 1.54) is 24.4 Å². The number of nitrogens with two attached hydrogens (primary N) is 1. The van der Waals surface area contributed by atoms with Gasteiger partial charge in [0.15, 0.2) is 5.75 Å². The molecule has 1 amide bonds. The van der Waals surface area contributed by atoms with Gasteiger partial charge in [0.2, 0.25) is 5.95 Å². The Morgan fingerprint density at radius 3 is 2.78 bits per heavy atom. The van der Waals surface area contributed by atoms with Crippen molar-refractivity contribution in [2.75, 3.05) is 11.1 Å². The molecule has 5 nitrogen and oxygen atoms in total. The van der Waals surface area contributed by atoms with Crippen molar-refractivity contribution in [3.8, 4) is 5.75 Å².